The lowest BCUT2D eigenvalue weighted by Gasteiger charge is -2.10. The van der Waals surface area contributed by atoms with E-state index in [9.17, 15) is 0 Å². The molecule has 4 heteroatoms. The lowest BCUT2D eigenvalue weighted by Crippen LogP contribution is -2.12. The van der Waals surface area contributed by atoms with Gasteiger partial charge in [-0.2, -0.15) is 10.4 Å². The molecule has 16 heavy (non-hydrogen) atoms. The minimum atomic E-state index is 0.140. The van der Waals surface area contributed by atoms with Gasteiger partial charge in [0.25, 0.3) is 0 Å². The van der Waals surface area contributed by atoms with E-state index in [1.54, 1.807) is 6.20 Å². The van der Waals surface area contributed by atoms with E-state index in [1.807, 2.05) is 10.9 Å². The molecule has 0 unspecified atom stereocenters. The standard InChI is InChI=1S/C12H17N3O/c1-2-7-15-9-11(8-14-15)16-10-12(3-4-12)5-6-13/h8-9H,2-5,7,10H2,1H3. The molecular formula is C12H17N3O. The SMILES string of the molecule is CCCn1cc(OCC2(CC#N)CC2)cn1. The third-order valence-corrected chi connectivity index (χ3v) is 3.02. The molecule has 0 N–H and O–H groups in total. The first kappa shape index (κ1) is 11.0. The normalized spacial score (nSPS) is 16.8. The van der Waals surface area contributed by atoms with Gasteiger partial charge in [0, 0.05) is 18.4 Å². The molecule has 0 atom stereocenters. The molecule has 1 saturated carbocycles. The second-order valence-electron chi connectivity index (χ2n) is 4.56. The van der Waals surface area contributed by atoms with E-state index >= 15 is 0 Å². The quantitative estimate of drug-likeness (QED) is 0.738. The molecule has 0 saturated heterocycles. The van der Waals surface area contributed by atoms with Crippen LogP contribution < -0.4 is 4.74 Å². The predicted octanol–water partition coefficient (Wildman–Crippen LogP) is 2.37. The third kappa shape index (κ3) is 2.54. The molecule has 1 fully saturated rings. The molecule has 1 aromatic heterocycles. The average Bonchev–Trinajstić information content (AvgIpc) is 2.89. The summed E-state index contributed by atoms with van der Waals surface area (Å²) in [5.74, 6) is 0.817. The number of rotatable bonds is 6. The number of aromatic nitrogens is 2. The molecule has 0 amide bonds. The van der Waals surface area contributed by atoms with Gasteiger partial charge in [-0.25, -0.2) is 0 Å². The van der Waals surface area contributed by atoms with Crippen molar-refractivity contribution in [3.8, 4) is 11.8 Å². The summed E-state index contributed by atoms with van der Waals surface area (Å²) < 4.78 is 7.57. The highest BCUT2D eigenvalue weighted by atomic mass is 16.5. The van der Waals surface area contributed by atoms with Crippen molar-refractivity contribution in [2.75, 3.05) is 6.61 Å². The molecule has 0 aliphatic heterocycles. The number of nitriles is 1. The van der Waals surface area contributed by atoms with Crippen molar-refractivity contribution in [3.05, 3.63) is 12.4 Å². The van der Waals surface area contributed by atoms with Crippen LogP contribution in [0, 0.1) is 16.7 Å². The number of ether oxygens (including phenoxy) is 1. The summed E-state index contributed by atoms with van der Waals surface area (Å²) in [6.07, 6.45) is 7.58. The van der Waals surface area contributed by atoms with Gasteiger partial charge in [0.2, 0.25) is 0 Å². The smallest absolute Gasteiger partial charge is 0.157 e. The minimum absolute atomic E-state index is 0.140. The van der Waals surface area contributed by atoms with Gasteiger partial charge >= 0.3 is 0 Å². The summed E-state index contributed by atoms with van der Waals surface area (Å²) in [6, 6.07) is 2.23. The van der Waals surface area contributed by atoms with Crippen LogP contribution in [0.25, 0.3) is 0 Å². The van der Waals surface area contributed by atoms with Crippen molar-refractivity contribution in [2.24, 2.45) is 5.41 Å². The van der Waals surface area contributed by atoms with E-state index < -0.39 is 0 Å². The van der Waals surface area contributed by atoms with Gasteiger partial charge in [0.1, 0.15) is 0 Å². The monoisotopic (exact) mass is 219 g/mol. The van der Waals surface area contributed by atoms with Gasteiger partial charge in [-0.05, 0) is 19.3 Å². The van der Waals surface area contributed by atoms with E-state index in [0.717, 1.165) is 31.6 Å². The van der Waals surface area contributed by atoms with Gasteiger partial charge in [-0.1, -0.05) is 6.92 Å². The zero-order valence-electron chi connectivity index (χ0n) is 9.65. The Labute approximate surface area is 95.8 Å². The maximum atomic E-state index is 8.69. The molecule has 1 aliphatic carbocycles. The van der Waals surface area contributed by atoms with Crippen LogP contribution in [-0.4, -0.2) is 16.4 Å². The van der Waals surface area contributed by atoms with Crippen molar-refractivity contribution in [1.29, 1.82) is 5.26 Å². The van der Waals surface area contributed by atoms with Crippen molar-refractivity contribution >= 4 is 0 Å². The Morgan fingerprint density at radius 1 is 1.62 bits per heavy atom. The van der Waals surface area contributed by atoms with Gasteiger partial charge in [0.05, 0.1) is 25.1 Å². The lowest BCUT2D eigenvalue weighted by molar-refractivity contribution is 0.236. The molecule has 4 nitrogen and oxygen atoms in total. The molecule has 86 valence electrons. The molecule has 1 aliphatic rings. The van der Waals surface area contributed by atoms with Crippen LogP contribution in [0.1, 0.15) is 32.6 Å². The largest absolute Gasteiger partial charge is 0.490 e. The third-order valence-electron chi connectivity index (χ3n) is 3.02. The fourth-order valence-corrected chi connectivity index (χ4v) is 1.72. The first-order chi connectivity index (χ1) is 7.78. The zero-order valence-corrected chi connectivity index (χ0v) is 9.65. The number of hydrogen-bond acceptors (Lipinski definition) is 3. The minimum Gasteiger partial charge on any atom is -0.490 e. The molecule has 0 aromatic carbocycles. The molecule has 1 aromatic rings. The predicted molar refractivity (Wildman–Crippen MR) is 59.9 cm³/mol. The summed E-state index contributed by atoms with van der Waals surface area (Å²) >= 11 is 0. The van der Waals surface area contributed by atoms with Crippen LogP contribution in [-0.2, 0) is 6.54 Å². The lowest BCUT2D eigenvalue weighted by atomic mass is 10.1. The summed E-state index contributed by atoms with van der Waals surface area (Å²) in [5.41, 5.74) is 0.140. The maximum absolute atomic E-state index is 8.69. The van der Waals surface area contributed by atoms with E-state index in [-0.39, 0.29) is 5.41 Å². The highest BCUT2D eigenvalue weighted by Crippen LogP contribution is 2.48. The fraction of sp³-hybridized carbons (Fsp3) is 0.667. The van der Waals surface area contributed by atoms with Crippen molar-refractivity contribution in [1.82, 2.24) is 9.78 Å². The summed E-state index contributed by atoms with van der Waals surface area (Å²) in [5, 5.41) is 12.9. The number of hydrogen-bond donors (Lipinski definition) is 0. The summed E-state index contributed by atoms with van der Waals surface area (Å²) in [7, 11) is 0. The number of aryl methyl sites for hydroxylation is 1. The molecule has 0 spiro atoms. The van der Waals surface area contributed by atoms with Crippen molar-refractivity contribution in [2.45, 2.75) is 39.2 Å². The Morgan fingerprint density at radius 2 is 2.44 bits per heavy atom. The Balaban J connectivity index is 1.83. The maximum Gasteiger partial charge on any atom is 0.157 e. The highest BCUT2D eigenvalue weighted by molar-refractivity contribution is 5.13. The Kier molecular flexibility index (Phi) is 3.14. The Bertz CT molecular complexity index is 387. The van der Waals surface area contributed by atoms with Crippen LogP contribution in [0.5, 0.6) is 5.75 Å². The summed E-state index contributed by atoms with van der Waals surface area (Å²) in [4.78, 5) is 0. The second-order valence-corrected chi connectivity index (χ2v) is 4.56. The van der Waals surface area contributed by atoms with Crippen LogP contribution in [0.4, 0.5) is 0 Å². The summed E-state index contributed by atoms with van der Waals surface area (Å²) in [6.45, 7) is 3.69. The Morgan fingerprint density at radius 3 is 3.06 bits per heavy atom. The van der Waals surface area contributed by atoms with E-state index in [4.69, 9.17) is 10.00 Å². The molecule has 1 heterocycles. The van der Waals surface area contributed by atoms with Crippen LogP contribution in [0.2, 0.25) is 0 Å². The van der Waals surface area contributed by atoms with E-state index in [0.29, 0.717) is 13.0 Å². The van der Waals surface area contributed by atoms with Gasteiger partial charge < -0.3 is 4.74 Å². The highest BCUT2D eigenvalue weighted by Gasteiger charge is 2.43. The fourth-order valence-electron chi connectivity index (χ4n) is 1.72. The van der Waals surface area contributed by atoms with Gasteiger partial charge in [-0.15, -0.1) is 0 Å². The second kappa shape index (κ2) is 4.56. The number of nitrogens with zero attached hydrogens (tertiary/aromatic N) is 3. The van der Waals surface area contributed by atoms with Crippen molar-refractivity contribution < 1.29 is 4.74 Å². The Hall–Kier alpha value is -1.50. The first-order valence-electron chi connectivity index (χ1n) is 5.80. The molecule has 0 bridgehead atoms. The van der Waals surface area contributed by atoms with Crippen molar-refractivity contribution in [3.63, 3.8) is 0 Å². The first-order valence-corrected chi connectivity index (χ1v) is 5.80. The van der Waals surface area contributed by atoms with E-state index in [2.05, 4.69) is 18.1 Å². The van der Waals surface area contributed by atoms with E-state index in [1.165, 1.54) is 0 Å². The van der Waals surface area contributed by atoms with Gasteiger partial charge in [-0.3, -0.25) is 4.68 Å². The molecular weight excluding hydrogens is 202 g/mol. The van der Waals surface area contributed by atoms with Crippen LogP contribution in [0.3, 0.4) is 0 Å². The van der Waals surface area contributed by atoms with Gasteiger partial charge in [0.15, 0.2) is 5.75 Å². The topological polar surface area (TPSA) is 50.8 Å². The zero-order chi connectivity index (χ0) is 11.4. The molecule has 0 radical (unpaired) electrons. The van der Waals surface area contributed by atoms with Crippen LogP contribution >= 0.6 is 0 Å². The molecule has 2 rings (SSSR count). The van der Waals surface area contributed by atoms with Crippen LogP contribution in [0.15, 0.2) is 12.4 Å². The average molecular weight is 219 g/mol.